The maximum absolute atomic E-state index is 12.2. The lowest BCUT2D eigenvalue weighted by atomic mass is 10.1. The fraction of sp³-hybridized carbons (Fsp3) is 0.500. The molecule has 1 aliphatic heterocycles. The molecule has 1 aromatic heterocycles. The summed E-state index contributed by atoms with van der Waals surface area (Å²) in [6, 6.07) is 0.169. The predicted octanol–water partition coefficient (Wildman–Crippen LogP) is 1.33. The topological polar surface area (TPSA) is 96.8 Å². The van der Waals surface area contributed by atoms with E-state index in [1.807, 2.05) is 0 Å². The minimum Gasteiger partial charge on any atom is -0.481 e. The van der Waals surface area contributed by atoms with E-state index in [1.54, 1.807) is 0 Å². The predicted molar refractivity (Wildman–Crippen MR) is 80.3 cm³/mol. The van der Waals surface area contributed by atoms with Gasteiger partial charge in [-0.2, -0.15) is 4.98 Å². The van der Waals surface area contributed by atoms with E-state index >= 15 is 0 Å². The van der Waals surface area contributed by atoms with E-state index < -0.39 is 17.7 Å². The van der Waals surface area contributed by atoms with Gasteiger partial charge in [-0.3, -0.25) is 0 Å². The number of rotatable bonds is 4. The Balaban J connectivity index is 1.77. The second-order valence-corrected chi connectivity index (χ2v) is 5.61. The number of ether oxygens (including phenoxy) is 4. The fourth-order valence-corrected chi connectivity index (χ4v) is 2.84. The van der Waals surface area contributed by atoms with Crippen LogP contribution in [0.1, 0.15) is 31.2 Å². The average Bonchev–Trinajstić information content (AvgIpc) is 3.01. The van der Waals surface area contributed by atoms with Gasteiger partial charge in [0.15, 0.2) is 0 Å². The lowest BCUT2D eigenvalue weighted by Gasteiger charge is -2.32. The summed E-state index contributed by atoms with van der Waals surface area (Å²) in [7, 11) is 2.91. The Morgan fingerprint density at radius 2 is 1.83 bits per heavy atom. The Hall–Kier alpha value is -2.64. The van der Waals surface area contributed by atoms with Crippen molar-refractivity contribution in [3.63, 3.8) is 0 Å². The molecule has 8 heteroatoms. The lowest BCUT2D eigenvalue weighted by Crippen LogP contribution is -2.44. The summed E-state index contributed by atoms with van der Waals surface area (Å²) in [5.74, 6) is -2.06. The number of aromatic nitrogens is 2. The highest BCUT2D eigenvalue weighted by Gasteiger charge is 2.47. The Morgan fingerprint density at radius 3 is 2.42 bits per heavy atom. The van der Waals surface area contributed by atoms with Gasteiger partial charge in [0.25, 0.3) is 5.79 Å². The van der Waals surface area contributed by atoms with Crippen LogP contribution in [0.2, 0.25) is 0 Å². The van der Waals surface area contributed by atoms with Crippen LogP contribution in [-0.2, 0) is 25.5 Å². The molecule has 0 atom stereocenters. The van der Waals surface area contributed by atoms with E-state index in [2.05, 4.69) is 9.97 Å². The van der Waals surface area contributed by atoms with E-state index in [4.69, 9.17) is 18.9 Å². The van der Waals surface area contributed by atoms with Crippen molar-refractivity contribution in [2.24, 2.45) is 0 Å². The SMILES string of the molecule is COc1ncc(CC=C2C(=O)OC3(CCCC3)OC2=O)c(OC)n1. The first-order valence-electron chi connectivity index (χ1n) is 7.67. The van der Waals surface area contributed by atoms with Crippen LogP contribution < -0.4 is 9.47 Å². The highest BCUT2D eigenvalue weighted by Crippen LogP contribution is 2.38. The summed E-state index contributed by atoms with van der Waals surface area (Å²) in [6.07, 6.45) is 6.04. The zero-order valence-electron chi connectivity index (χ0n) is 13.5. The van der Waals surface area contributed by atoms with Crippen molar-refractivity contribution < 1.29 is 28.5 Å². The van der Waals surface area contributed by atoms with Crippen LogP contribution in [0.4, 0.5) is 0 Å². The summed E-state index contributed by atoms with van der Waals surface area (Å²) < 4.78 is 20.8. The Labute approximate surface area is 138 Å². The molecular weight excluding hydrogens is 316 g/mol. The highest BCUT2D eigenvalue weighted by atomic mass is 16.7. The maximum atomic E-state index is 12.2. The van der Waals surface area contributed by atoms with Gasteiger partial charge in [-0.15, -0.1) is 0 Å². The number of hydrogen-bond donors (Lipinski definition) is 0. The highest BCUT2D eigenvalue weighted by molar-refractivity contribution is 6.15. The molecule has 0 amide bonds. The summed E-state index contributed by atoms with van der Waals surface area (Å²) in [5.41, 5.74) is 0.484. The van der Waals surface area contributed by atoms with Gasteiger partial charge in [-0.05, 0) is 19.3 Å². The number of nitrogens with zero attached hydrogens (tertiary/aromatic N) is 2. The van der Waals surface area contributed by atoms with E-state index in [-0.39, 0.29) is 18.0 Å². The summed E-state index contributed by atoms with van der Waals surface area (Å²) in [4.78, 5) is 32.4. The number of carbonyl (C=O) groups is 2. The van der Waals surface area contributed by atoms with Crippen LogP contribution >= 0.6 is 0 Å². The zero-order valence-corrected chi connectivity index (χ0v) is 13.5. The van der Waals surface area contributed by atoms with Crippen molar-refractivity contribution >= 4 is 11.9 Å². The largest absolute Gasteiger partial charge is 0.481 e. The van der Waals surface area contributed by atoms with Gasteiger partial charge in [0.05, 0.1) is 14.2 Å². The standard InChI is InChI=1S/C16H18N2O6/c1-21-12-10(9-17-15(18-12)22-2)5-6-11-13(19)23-16(24-14(11)20)7-3-4-8-16/h6,9H,3-5,7-8H2,1-2H3. The molecule has 2 fully saturated rings. The van der Waals surface area contributed by atoms with Gasteiger partial charge >= 0.3 is 17.9 Å². The molecule has 1 aromatic rings. The van der Waals surface area contributed by atoms with Crippen LogP contribution in [0.3, 0.4) is 0 Å². The molecule has 0 unspecified atom stereocenters. The summed E-state index contributed by atoms with van der Waals surface area (Å²) >= 11 is 0. The molecule has 128 valence electrons. The number of esters is 2. The molecule has 0 radical (unpaired) electrons. The first-order chi connectivity index (χ1) is 11.6. The van der Waals surface area contributed by atoms with Crippen LogP contribution in [-0.4, -0.2) is 41.9 Å². The number of allylic oxidation sites excluding steroid dienone is 1. The summed E-state index contributed by atoms with van der Waals surface area (Å²) in [5, 5.41) is 0. The lowest BCUT2D eigenvalue weighted by molar-refractivity contribution is -0.232. The van der Waals surface area contributed by atoms with Crippen molar-refractivity contribution in [1.82, 2.24) is 9.97 Å². The van der Waals surface area contributed by atoms with Crippen molar-refractivity contribution in [3.8, 4) is 11.9 Å². The minimum atomic E-state index is -1.06. The van der Waals surface area contributed by atoms with Gasteiger partial charge in [0, 0.05) is 24.6 Å². The molecule has 1 saturated heterocycles. The summed E-state index contributed by atoms with van der Waals surface area (Å²) in [6.45, 7) is 0. The maximum Gasteiger partial charge on any atom is 0.348 e. The van der Waals surface area contributed by atoms with Gasteiger partial charge in [0.1, 0.15) is 5.57 Å². The number of hydrogen-bond acceptors (Lipinski definition) is 8. The average molecular weight is 334 g/mol. The van der Waals surface area contributed by atoms with E-state index in [0.717, 1.165) is 12.8 Å². The number of carbonyl (C=O) groups excluding carboxylic acids is 2. The first kappa shape index (κ1) is 16.2. The monoisotopic (exact) mass is 334 g/mol. The zero-order chi connectivity index (χ0) is 17.2. The molecule has 1 aliphatic carbocycles. The van der Waals surface area contributed by atoms with E-state index in [9.17, 15) is 9.59 Å². The van der Waals surface area contributed by atoms with Crippen molar-refractivity contribution in [2.45, 2.75) is 37.9 Å². The van der Waals surface area contributed by atoms with Crippen molar-refractivity contribution in [1.29, 1.82) is 0 Å². The molecule has 0 aromatic carbocycles. The molecule has 24 heavy (non-hydrogen) atoms. The van der Waals surface area contributed by atoms with Crippen molar-refractivity contribution in [3.05, 3.63) is 23.4 Å². The molecule has 2 heterocycles. The molecule has 1 spiro atoms. The molecule has 2 aliphatic rings. The molecule has 0 N–H and O–H groups in total. The van der Waals surface area contributed by atoms with Crippen molar-refractivity contribution in [2.75, 3.05) is 14.2 Å². The second kappa shape index (κ2) is 6.46. The second-order valence-electron chi connectivity index (χ2n) is 5.61. The third-order valence-corrected chi connectivity index (χ3v) is 4.07. The minimum absolute atomic E-state index is 0.120. The molecule has 8 nitrogen and oxygen atoms in total. The quantitative estimate of drug-likeness (QED) is 0.462. The van der Waals surface area contributed by atoms with E-state index in [1.165, 1.54) is 26.5 Å². The van der Waals surface area contributed by atoms with Crippen LogP contribution in [0.25, 0.3) is 0 Å². The molecule has 3 rings (SSSR count). The smallest absolute Gasteiger partial charge is 0.348 e. The normalized spacial score (nSPS) is 19.0. The van der Waals surface area contributed by atoms with Gasteiger partial charge in [-0.25, -0.2) is 14.6 Å². The van der Waals surface area contributed by atoms with Gasteiger partial charge < -0.3 is 18.9 Å². The third-order valence-electron chi connectivity index (χ3n) is 4.07. The Bertz CT molecular complexity index is 672. The molecular formula is C16H18N2O6. The Kier molecular flexibility index (Phi) is 4.37. The number of methoxy groups -OCH3 is 2. The fourth-order valence-electron chi connectivity index (χ4n) is 2.84. The first-order valence-corrected chi connectivity index (χ1v) is 7.67. The van der Waals surface area contributed by atoms with Gasteiger partial charge in [0.2, 0.25) is 5.88 Å². The van der Waals surface area contributed by atoms with E-state index in [0.29, 0.717) is 24.3 Å². The third kappa shape index (κ3) is 3.04. The molecule has 0 bridgehead atoms. The molecule has 1 saturated carbocycles. The van der Waals surface area contributed by atoms with Crippen LogP contribution in [0.5, 0.6) is 11.9 Å². The Morgan fingerprint density at radius 1 is 1.17 bits per heavy atom. The van der Waals surface area contributed by atoms with Gasteiger partial charge in [-0.1, -0.05) is 6.08 Å². The van der Waals surface area contributed by atoms with Crippen LogP contribution in [0.15, 0.2) is 17.8 Å². The van der Waals surface area contributed by atoms with Crippen LogP contribution in [0, 0.1) is 0 Å².